The summed E-state index contributed by atoms with van der Waals surface area (Å²) in [4.78, 5) is 8.62. The zero-order valence-corrected chi connectivity index (χ0v) is 14.0. The Hall–Kier alpha value is -2.62. The van der Waals surface area contributed by atoms with Crippen LogP contribution < -0.4 is 11.1 Å². The number of rotatable bonds is 4. The van der Waals surface area contributed by atoms with Gasteiger partial charge in [-0.15, -0.1) is 0 Å². The maximum atomic E-state index is 5.75. The number of anilines is 2. The van der Waals surface area contributed by atoms with E-state index in [-0.39, 0.29) is 0 Å². The number of nitrogen functional groups attached to an aromatic ring is 1. The number of aromatic nitrogens is 2. The molecule has 0 spiro atoms. The van der Waals surface area contributed by atoms with Crippen molar-refractivity contribution >= 4 is 22.7 Å². The topological polar surface area (TPSA) is 63.8 Å². The molecule has 1 aromatic heterocycles. The molecule has 0 radical (unpaired) electrons. The Morgan fingerprint density at radius 3 is 2.35 bits per heavy atom. The zero-order valence-electron chi connectivity index (χ0n) is 14.0. The van der Waals surface area contributed by atoms with Gasteiger partial charge >= 0.3 is 0 Å². The Balaban J connectivity index is 0.000000924. The molecule has 2 aromatic carbocycles. The second-order valence-electron chi connectivity index (χ2n) is 4.98. The summed E-state index contributed by atoms with van der Waals surface area (Å²) in [5.41, 5.74) is 9.21. The quantitative estimate of drug-likeness (QED) is 0.762. The summed E-state index contributed by atoms with van der Waals surface area (Å²) in [6, 6.07) is 16.6. The van der Waals surface area contributed by atoms with E-state index < -0.39 is 0 Å². The van der Waals surface area contributed by atoms with E-state index in [1.54, 1.807) is 0 Å². The smallest absolute Gasteiger partial charge is 0.222 e. The van der Waals surface area contributed by atoms with Gasteiger partial charge in [-0.3, -0.25) is 0 Å². The van der Waals surface area contributed by atoms with Crippen LogP contribution in [0.25, 0.3) is 10.9 Å². The molecule has 120 valence electrons. The van der Waals surface area contributed by atoms with Crippen molar-refractivity contribution in [3.8, 4) is 0 Å². The van der Waals surface area contributed by atoms with E-state index in [1.807, 2.05) is 39.1 Å². The van der Waals surface area contributed by atoms with Crippen molar-refractivity contribution in [2.45, 2.75) is 26.7 Å². The second-order valence-corrected chi connectivity index (χ2v) is 4.98. The van der Waals surface area contributed by atoms with Gasteiger partial charge in [-0.1, -0.05) is 56.3 Å². The summed E-state index contributed by atoms with van der Waals surface area (Å²) in [7, 11) is 1.86. The first-order chi connectivity index (χ1) is 11.3. The molecule has 3 N–H and O–H groups in total. The van der Waals surface area contributed by atoms with Crippen LogP contribution >= 0.6 is 0 Å². The standard InChI is InChI=1S/C17H18N4.C2H6/c1-19-16-15-13(11-10-12-6-3-2-4-7-12)8-5-9-14(15)20-17(18)21-16;1-2/h2-9H,10-11H2,1H3,(H3,18,19,20,21);1-2H3. The maximum Gasteiger partial charge on any atom is 0.222 e. The van der Waals surface area contributed by atoms with Gasteiger partial charge in [-0.05, 0) is 30.0 Å². The number of nitrogens with two attached hydrogens (primary N) is 1. The third-order valence-electron chi connectivity index (χ3n) is 3.59. The van der Waals surface area contributed by atoms with Crippen LogP contribution in [0, 0.1) is 0 Å². The van der Waals surface area contributed by atoms with Gasteiger partial charge in [0.15, 0.2) is 0 Å². The van der Waals surface area contributed by atoms with Gasteiger partial charge in [-0.25, -0.2) is 4.98 Å². The van der Waals surface area contributed by atoms with E-state index >= 15 is 0 Å². The van der Waals surface area contributed by atoms with Crippen molar-refractivity contribution in [1.82, 2.24) is 9.97 Å². The Bertz CT molecular complexity index is 754. The van der Waals surface area contributed by atoms with Crippen LogP contribution in [-0.4, -0.2) is 17.0 Å². The van der Waals surface area contributed by atoms with Gasteiger partial charge in [0.25, 0.3) is 0 Å². The third-order valence-corrected chi connectivity index (χ3v) is 3.59. The number of fused-ring (bicyclic) bond motifs is 1. The summed E-state index contributed by atoms with van der Waals surface area (Å²) in [6.45, 7) is 4.00. The van der Waals surface area contributed by atoms with Crippen LogP contribution in [0.15, 0.2) is 48.5 Å². The molecule has 0 amide bonds. The van der Waals surface area contributed by atoms with Crippen molar-refractivity contribution < 1.29 is 0 Å². The molecule has 0 unspecified atom stereocenters. The number of hydrogen-bond acceptors (Lipinski definition) is 4. The molecule has 3 aromatic rings. The largest absolute Gasteiger partial charge is 0.372 e. The minimum atomic E-state index is 0.298. The SMILES string of the molecule is CC.CNc1nc(N)nc2cccc(CCc3ccccc3)c12. The van der Waals surface area contributed by atoms with Crippen molar-refractivity contribution in [1.29, 1.82) is 0 Å². The minimum Gasteiger partial charge on any atom is -0.372 e. The second kappa shape index (κ2) is 8.13. The summed E-state index contributed by atoms with van der Waals surface area (Å²) in [5.74, 6) is 1.09. The van der Waals surface area contributed by atoms with E-state index in [2.05, 4.69) is 45.6 Å². The predicted molar refractivity (Wildman–Crippen MR) is 98.7 cm³/mol. The van der Waals surface area contributed by atoms with Crippen LogP contribution in [0.3, 0.4) is 0 Å². The first kappa shape index (κ1) is 16.7. The molecule has 3 rings (SSSR count). The Morgan fingerprint density at radius 2 is 1.65 bits per heavy atom. The number of hydrogen-bond donors (Lipinski definition) is 2. The molecule has 0 saturated carbocycles. The molecule has 1 heterocycles. The van der Waals surface area contributed by atoms with Crippen LogP contribution in [0.5, 0.6) is 0 Å². The molecule has 4 heteroatoms. The number of nitrogens with zero attached hydrogens (tertiary/aromatic N) is 2. The Labute approximate surface area is 137 Å². The lowest BCUT2D eigenvalue weighted by Gasteiger charge is -2.11. The lowest BCUT2D eigenvalue weighted by molar-refractivity contribution is 0.967. The molecule has 23 heavy (non-hydrogen) atoms. The number of aryl methyl sites for hydroxylation is 2. The molecule has 0 bridgehead atoms. The van der Waals surface area contributed by atoms with Gasteiger partial charge < -0.3 is 11.1 Å². The average Bonchev–Trinajstić information content (AvgIpc) is 2.61. The lowest BCUT2D eigenvalue weighted by Crippen LogP contribution is -2.03. The van der Waals surface area contributed by atoms with Gasteiger partial charge in [0.1, 0.15) is 5.82 Å². The molecular formula is C19H24N4. The average molecular weight is 308 g/mol. The van der Waals surface area contributed by atoms with Crippen LogP contribution in [-0.2, 0) is 12.8 Å². The predicted octanol–water partition coefficient (Wildman–Crippen LogP) is 4.07. The first-order valence-corrected chi connectivity index (χ1v) is 8.04. The molecule has 4 nitrogen and oxygen atoms in total. The van der Waals surface area contributed by atoms with Crippen LogP contribution in [0.2, 0.25) is 0 Å². The molecule has 0 aliphatic carbocycles. The fourth-order valence-electron chi connectivity index (χ4n) is 2.58. The van der Waals surface area contributed by atoms with Gasteiger partial charge in [0.2, 0.25) is 5.95 Å². The van der Waals surface area contributed by atoms with E-state index in [1.165, 1.54) is 11.1 Å². The summed E-state index contributed by atoms with van der Waals surface area (Å²) in [5, 5.41) is 4.18. The van der Waals surface area contributed by atoms with E-state index in [4.69, 9.17) is 5.73 Å². The van der Waals surface area contributed by atoms with Gasteiger partial charge in [0, 0.05) is 12.4 Å². The molecule has 0 atom stereocenters. The Morgan fingerprint density at radius 1 is 0.913 bits per heavy atom. The third kappa shape index (κ3) is 3.97. The van der Waals surface area contributed by atoms with Crippen molar-refractivity contribution in [3.05, 3.63) is 59.7 Å². The fraction of sp³-hybridized carbons (Fsp3) is 0.263. The maximum absolute atomic E-state index is 5.75. The summed E-state index contributed by atoms with van der Waals surface area (Å²) in [6.07, 6.45) is 1.94. The van der Waals surface area contributed by atoms with Gasteiger partial charge in [0.05, 0.1) is 5.52 Å². The highest BCUT2D eigenvalue weighted by atomic mass is 15.1. The van der Waals surface area contributed by atoms with E-state index in [9.17, 15) is 0 Å². The highest BCUT2D eigenvalue weighted by molar-refractivity contribution is 5.92. The monoisotopic (exact) mass is 308 g/mol. The minimum absolute atomic E-state index is 0.298. The Kier molecular flexibility index (Phi) is 5.92. The summed E-state index contributed by atoms with van der Waals surface area (Å²) >= 11 is 0. The lowest BCUT2D eigenvalue weighted by atomic mass is 10.0. The molecule has 0 aliphatic rings. The van der Waals surface area contributed by atoms with Crippen molar-refractivity contribution in [3.63, 3.8) is 0 Å². The number of benzene rings is 2. The van der Waals surface area contributed by atoms with Gasteiger partial charge in [-0.2, -0.15) is 4.98 Å². The molecule has 0 fully saturated rings. The normalized spacial score (nSPS) is 10.0. The zero-order chi connectivity index (χ0) is 16.7. The first-order valence-electron chi connectivity index (χ1n) is 8.04. The number of nitrogens with one attached hydrogen (secondary N) is 1. The molecular weight excluding hydrogens is 284 g/mol. The fourth-order valence-corrected chi connectivity index (χ4v) is 2.58. The highest BCUT2D eigenvalue weighted by Gasteiger charge is 2.09. The van der Waals surface area contributed by atoms with E-state index in [0.29, 0.717) is 5.95 Å². The van der Waals surface area contributed by atoms with Crippen LogP contribution in [0.4, 0.5) is 11.8 Å². The van der Waals surface area contributed by atoms with Crippen LogP contribution in [0.1, 0.15) is 25.0 Å². The van der Waals surface area contributed by atoms with Crippen molar-refractivity contribution in [2.24, 2.45) is 0 Å². The molecule has 0 saturated heterocycles. The van der Waals surface area contributed by atoms with E-state index in [0.717, 1.165) is 29.6 Å². The van der Waals surface area contributed by atoms with Crippen molar-refractivity contribution in [2.75, 3.05) is 18.1 Å². The summed E-state index contributed by atoms with van der Waals surface area (Å²) < 4.78 is 0. The molecule has 0 aliphatic heterocycles. The highest BCUT2D eigenvalue weighted by Crippen LogP contribution is 2.26.